The molecule has 0 amide bonds. The lowest BCUT2D eigenvalue weighted by atomic mass is 9.78. The Kier molecular flexibility index (Phi) is 8.49. The number of nitrogens with zero attached hydrogens (tertiary/aromatic N) is 2. The molecule has 6 aromatic carbocycles. The first-order chi connectivity index (χ1) is 23.7. The summed E-state index contributed by atoms with van der Waals surface area (Å²) in [5, 5.41) is 4.24. The van der Waals surface area contributed by atoms with Gasteiger partial charge in [0.15, 0.2) is 0 Å². The minimum atomic E-state index is -0.584. The van der Waals surface area contributed by atoms with Gasteiger partial charge in [-0.15, -0.1) is 0 Å². The summed E-state index contributed by atoms with van der Waals surface area (Å²) in [6.45, 7) is 17.1. The second-order valence-corrected chi connectivity index (χ2v) is 13.5. The van der Waals surface area contributed by atoms with E-state index in [1.165, 1.54) is 5.39 Å². The number of benzene rings is 6. The summed E-state index contributed by atoms with van der Waals surface area (Å²) < 4.78 is 13.4. The Morgan fingerprint density at radius 2 is 1.18 bits per heavy atom. The molecule has 1 aliphatic rings. The maximum atomic E-state index is 6.70. The van der Waals surface area contributed by atoms with Crippen molar-refractivity contribution in [1.29, 1.82) is 0 Å². The Labute approximate surface area is 290 Å². The van der Waals surface area contributed by atoms with Crippen LogP contribution >= 0.6 is 0 Å². The van der Waals surface area contributed by atoms with Crippen molar-refractivity contribution in [1.82, 2.24) is 0 Å². The standard InChI is InChI=1S/C44H41BN2O2/c1-7-41(39-26-16-14-19-32(39)2)46(35-22-10-8-11-23-35)37-29-34(45-48-43(3,4)44(5,6)49-45)30-38(31-37)47(36-24-12-9-13-25-36)42-28-18-21-33-20-15-17-27-40(33)42/h7-31H,1-2H2,3-6H3/b41-39+. The number of hydrogen-bond donors (Lipinski definition) is 0. The normalized spacial score (nSPS) is 15.6. The number of fused-ring (bicyclic) bond motifs is 1. The topological polar surface area (TPSA) is 24.9 Å². The summed E-state index contributed by atoms with van der Waals surface area (Å²) in [6.07, 6.45) is 1.91. The lowest BCUT2D eigenvalue weighted by Gasteiger charge is -2.32. The van der Waals surface area contributed by atoms with Crippen LogP contribution in [0.3, 0.4) is 0 Å². The molecular formula is C44H41BN2O2. The number of rotatable bonds is 8. The van der Waals surface area contributed by atoms with Gasteiger partial charge in [-0.25, -0.2) is 0 Å². The monoisotopic (exact) mass is 640 g/mol. The zero-order valence-corrected chi connectivity index (χ0v) is 28.6. The molecule has 0 saturated carbocycles. The predicted octanol–water partition coefficient (Wildman–Crippen LogP) is 9.15. The molecule has 0 aliphatic carbocycles. The van der Waals surface area contributed by atoms with Gasteiger partial charge in [-0.1, -0.05) is 110 Å². The van der Waals surface area contributed by atoms with Crippen LogP contribution < -0.4 is 25.7 Å². The van der Waals surface area contributed by atoms with Gasteiger partial charge in [0.25, 0.3) is 0 Å². The second-order valence-electron chi connectivity index (χ2n) is 13.5. The van der Waals surface area contributed by atoms with Crippen molar-refractivity contribution in [2.45, 2.75) is 38.9 Å². The molecule has 1 saturated heterocycles. The largest absolute Gasteiger partial charge is 0.494 e. The SMILES string of the molecule is C=C/C(=c1/ccccc1=C)N(c1ccccc1)c1cc(B2OC(C)(C)C(C)(C)O2)cc(N(c2ccccc2)c2cccc3ccccc23)c1. The molecule has 49 heavy (non-hydrogen) atoms. The van der Waals surface area contributed by atoms with Crippen LogP contribution in [0.1, 0.15) is 27.7 Å². The molecular weight excluding hydrogens is 599 g/mol. The molecule has 0 atom stereocenters. The van der Waals surface area contributed by atoms with Crippen LogP contribution in [0.4, 0.5) is 28.4 Å². The van der Waals surface area contributed by atoms with Crippen LogP contribution in [-0.4, -0.2) is 18.3 Å². The highest BCUT2D eigenvalue weighted by atomic mass is 16.7. The highest BCUT2D eigenvalue weighted by Gasteiger charge is 2.52. The van der Waals surface area contributed by atoms with Crippen LogP contribution in [0.15, 0.2) is 158 Å². The molecule has 1 heterocycles. The molecule has 0 N–H and O–H groups in total. The van der Waals surface area contributed by atoms with Gasteiger partial charge in [0.2, 0.25) is 0 Å². The maximum Gasteiger partial charge on any atom is 0.494 e. The molecule has 0 aromatic heterocycles. The molecule has 242 valence electrons. The summed E-state index contributed by atoms with van der Waals surface area (Å²) in [5.41, 5.74) is 5.84. The molecule has 1 fully saturated rings. The van der Waals surface area contributed by atoms with Gasteiger partial charge >= 0.3 is 7.12 Å². The van der Waals surface area contributed by atoms with E-state index in [1.54, 1.807) is 0 Å². The Bertz CT molecular complexity index is 2230. The van der Waals surface area contributed by atoms with Crippen LogP contribution in [-0.2, 0) is 9.31 Å². The van der Waals surface area contributed by atoms with Crippen molar-refractivity contribution in [2.24, 2.45) is 0 Å². The zero-order valence-electron chi connectivity index (χ0n) is 28.6. The van der Waals surface area contributed by atoms with E-state index in [9.17, 15) is 0 Å². The van der Waals surface area contributed by atoms with E-state index in [4.69, 9.17) is 9.31 Å². The van der Waals surface area contributed by atoms with Crippen molar-refractivity contribution in [2.75, 3.05) is 9.80 Å². The first-order valence-corrected chi connectivity index (χ1v) is 16.8. The Hall–Kier alpha value is -5.36. The number of hydrogen-bond acceptors (Lipinski definition) is 4. The van der Waals surface area contributed by atoms with Crippen molar-refractivity contribution in [3.05, 3.63) is 169 Å². The minimum Gasteiger partial charge on any atom is -0.399 e. The van der Waals surface area contributed by atoms with E-state index in [2.05, 4.69) is 172 Å². The summed E-state index contributed by atoms with van der Waals surface area (Å²) in [5.74, 6) is 0. The third-order valence-corrected chi connectivity index (χ3v) is 9.73. The van der Waals surface area contributed by atoms with Gasteiger partial charge in [0.05, 0.1) is 22.6 Å². The van der Waals surface area contributed by atoms with Crippen molar-refractivity contribution < 1.29 is 9.31 Å². The average Bonchev–Trinajstić information content (AvgIpc) is 3.34. The third kappa shape index (κ3) is 6.08. The maximum absolute atomic E-state index is 6.70. The summed E-state index contributed by atoms with van der Waals surface area (Å²) >= 11 is 0. The first kappa shape index (κ1) is 32.2. The van der Waals surface area contributed by atoms with E-state index in [0.29, 0.717) is 0 Å². The Morgan fingerprint density at radius 3 is 1.86 bits per heavy atom. The molecule has 5 heteroatoms. The van der Waals surface area contributed by atoms with E-state index in [-0.39, 0.29) is 0 Å². The smallest absolute Gasteiger partial charge is 0.399 e. The molecule has 6 aromatic rings. The minimum absolute atomic E-state index is 0.507. The lowest BCUT2D eigenvalue weighted by Crippen LogP contribution is -2.41. The number of anilines is 5. The highest BCUT2D eigenvalue weighted by Crippen LogP contribution is 2.42. The molecule has 7 rings (SSSR count). The molecule has 0 radical (unpaired) electrons. The first-order valence-electron chi connectivity index (χ1n) is 16.8. The summed E-state index contributed by atoms with van der Waals surface area (Å²) in [7, 11) is -0.584. The molecule has 4 nitrogen and oxygen atoms in total. The van der Waals surface area contributed by atoms with Gasteiger partial charge in [-0.3, -0.25) is 0 Å². The molecule has 0 spiro atoms. The molecule has 0 unspecified atom stereocenters. The third-order valence-electron chi connectivity index (χ3n) is 9.73. The fraction of sp³-hybridized carbons (Fsp3) is 0.136. The van der Waals surface area contributed by atoms with Crippen molar-refractivity contribution in [3.8, 4) is 0 Å². The quantitative estimate of drug-likeness (QED) is 0.155. The van der Waals surface area contributed by atoms with Crippen LogP contribution in [0.5, 0.6) is 0 Å². The molecule has 1 aliphatic heterocycles. The van der Waals surface area contributed by atoms with Crippen LogP contribution in [0.2, 0.25) is 0 Å². The van der Waals surface area contributed by atoms with E-state index in [1.807, 2.05) is 30.3 Å². The Morgan fingerprint density at radius 1 is 0.612 bits per heavy atom. The van der Waals surface area contributed by atoms with E-state index in [0.717, 1.165) is 55.4 Å². The van der Waals surface area contributed by atoms with Crippen LogP contribution in [0.25, 0.3) is 23.0 Å². The summed E-state index contributed by atoms with van der Waals surface area (Å²) in [4.78, 5) is 4.58. The van der Waals surface area contributed by atoms with Gasteiger partial charge in [0.1, 0.15) is 0 Å². The Balaban J connectivity index is 1.55. The predicted molar refractivity (Wildman–Crippen MR) is 208 cm³/mol. The van der Waals surface area contributed by atoms with Crippen molar-refractivity contribution >= 4 is 64.1 Å². The zero-order chi connectivity index (χ0) is 34.2. The lowest BCUT2D eigenvalue weighted by molar-refractivity contribution is 0.00578. The van der Waals surface area contributed by atoms with Gasteiger partial charge < -0.3 is 19.1 Å². The molecule has 0 bridgehead atoms. The highest BCUT2D eigenvalue weighted by molar-refractivity contribution is 6.62. The van der Waals surface area contributed by atoms with Crippen molar-refractivity contribution in [3.63, 3.8) is 0 Å². The summed E-state index contributed by atoms with van der Waals surface area (Å²) in [6, 6.07) is 50.7. The van der Waals surface area contributed by atoms with Crippen LogP contribution in [0, 0.1) is 0 Å². The fourth-order valence-electron chi connectivity index (χ4n) is 6.50. The van der Waals surface area contributed by atoms with Gasteiger partial charge in [-0.2, -0.15) is 0 Å². The fourth-order valence-corrected chi connectivity index (χ4v) is 6.50. The van der Waals surface area contributed by atoms with E-state index >= 15 is 0 Å². The average molecular weight is 641 g/mol. The number of para-hydroxylation sites is 2. The van der Waals surface area contributed by atoms with Gasteiger partial charge in [-0.05, 0) is 98.4 Å². The van der Waals surface area contributed by atoms with Gasteiger partial charge in [0, 0.05) is 33.4 Å². The van der Waals surface area contributed by atoms with E-state index < -0.39 is 18.3 Å². The second kappa shape index (κ2) is 12.9.